The van der Waals surface area contributed by atoms with Crippen molar-refractivity contribution in [1.29, 1.82) is 0 Å². The van der Waals surface area contributed by atoms with Crippen LogP contribution in [0.15, 0.2) is 30.6 Å². The molecule has 0 fully saturated rings. The van der Waals surface area contributed by atoms with Gasteiger partial charge in [-0.2, -0.15) is 0 Å². The van der Waals surface area contributed by atoms with E-state index >= 15 is 0 Å². The summed E-state index contributed by atoms with van der Waals surface area (Å²) < 4.78 is 13.6. The van der Waals surface area contributed by atoms with E-state index in [9.17, 15) is 4.39 Å². The van der Waals surface area contributed by atoms with Gasteiger partial charge in [0.2, 0.25) is 0 Å². The van der Waals surface area contributed by atoms with Gasteiger partial charge in [-0.05, 0) is 31.0 Å². The van der Waals surface area contributed by atoms with Crippen LogP contribution < -0.4 is 5.73 Å². The number of hydrogen-bond acceptors (Lipinski definition) is 3. The van der Waals surface area contributed by atoms with E-state index in [-0.39, 0.29) is 18.3 Å². The Balaban J connectivity index is 2.15. The molecule has 0 saturated carbocycles. The second kappa shape index (κ2) is 6.08. The van der Waals surface area contributed by atoms with E-state index in [2.05, 4.69) is 9.97 Å². The highest BCUT2D eigenvalue weighted by Crippen LogP contribution is 2.21. The van der Waals surface area contributed by atoms with E-state index < -0.39 is 0 Å². The maximum absolute atomic E-state index is 13.6. The average molecular weight is 280 g/mol. The summed E-state index contributed by atoms with van der Waals surface area (Å²) in [6.45, 7) is 1.92. The lowest BCUT2D eigenvalue weighted by molar-refractivity contribution is 0.612. The molecule has 100 valence electrons. The molecule has 0 radical (unpaired) electrons. The minimum Gasteiger partial charge on any atom is -0.328 e. The van der Waals surface area contributed by atoms with Gasteiger partial charge in [-0.25, -0.2) is 14.4 Å². The van der Waals surface area contributed by atoms with Gasteiger partial charge in [0.15, 0.2) is 0 Å². The second-order valence-electron chi connectivity index (χ2n) is 4.57. The number of halogens is 2. The quantitative estimate of drug-likeness (QED) is 0.936. The van der Waals surface area contributed by atoms with Crippen molar-refractivity contribution in [3.63, 3.8) is 0 Å². The molecule has 0 aliphatic rings. The van der Waals surface area contributed by atoms with Gasteiger partial charge in [-0.1, -0.05) is 17.7 Å². The molecule has 0 aliphatic heterocycles. The highest BCUT2D eigenvalue weighted by Gasteiger charge is 2.09. The molecular formula is C14H15ClFN3. The van der Waals surface area contributed by atoms with E-state index in [0.717, 1.165) is 12.0 Å². The SMILES string of the molecule is CC(N)Cc1cnc(Cc2c(F)cccc2Cl)nc1. The van der Waals surface area contributed by atoms with Gasteiger partial charge < -0.3 is 5.73 Å². The normalized spacial score (nSPS) is 12.4. The number of nitrogens with zero attached hydrogens (tertiary/aromatic N) is 2. The Kier molecular flexibility index (Phi) is 4.45. The fourth-order valence-corrected chi connectivity index (χ4v) is 2.04. The van der Waals surface area contributed by atoms with Crippen molar-refractivity contribution in [2.45, 2.75) is 25.8 Å². The van der Waals surface area contributed by atoms with Crippen molar-refractivity contribution in [2.75, 3.05) is 0 Å². The monoisotopic (exact) mass is 279 g/mol. The molecule has 19 heavy (non-hydrogen) atoms. The molecule has 0 amide bonds. The number of rotatable bonds is 4. The zero-order valence-electron chi connectivity index (χ0n) is 10.6. The van der Waals surface area contributed by atoms with Crippen LogP contribution >= 0.6 is 11.6 Å². The molecule has 2 aromatic rings. The largest absolute Gasteiger partial charge is 0.328 e. The standard InChI is InChI=1S/C14H15ClFN3/c1-9(17)5-10-7-18-14(19-8-10)6-11-12(15)3-2-4-13(11)16/h2-4,7-9H,5-6,17H2,1H3. The third-order valence-corrected chi connectivity index (χ3v) is 3.07. The summed E-state index contributed by atoms with van der Waals surface area (Å²) in [5.41, 5.74) is 7.09. The summed E-state index contributed by atoms with van der Waals surface area (Å²) in [5.74, 6) is 0.205. The third-order valence-electron chi connectivity index (χ3n) is 2.71. The molecule has 0 saturated heterocycles. The van der Waals surface area contributed by atoms with Gasteiger partial charge in [0, 0.05) is 35.4 Å². The van der Waals surface area contributed by atoms with Crippen LogP contribution in [0.25, 0.3) is 0 Å². The lowest BCUT2D eigenvalue weighted by atomic mass is 10.1. The molecule has 1 atom stereocenters. The Hall–Kier alpha value is -1.52. The van der Waals surface area contributed by atoms with Crippen LogP contribution in [0.5, 0.6) is 0 Å². The number of nitrogens with two attached hydrogens (primary N) is 1. The zero-order valence-corrected chi connectivity index (χ0v) is 11.4. The highest BCUT2D eigenvalue weighted by atomic mass is 35.5. The average Bonchev–Trinajstić information content (AvgIpc) is 2.35. The molecule has 3 nitrogen and oxygen atoms in total. The molecular weight excluding hydrogens is 265 g/mol. The molecule has 0 bridgehead atoms. The van der Waals surface area contributed by atoms with Crippen LogP contribution in [-0.2, 0) is 12.8 Å². The number of aromatic nitrogens is 2. The van der Waals surface area contributed by atoms with Gasteiger partial charge in [-0.15, -0.1) is 0 Å². The Bertz CT molecular complexity index is 535. The van der Waals surface area contributed by atoms with Crippen molar-refractivity contribution in [3.8, 4) is 0 Å². The van der Waals surface area contributed by atoms with Crippen molar-refractivity contribution in [3.05, 3.63) is 58.4 Å². The summed E-state index contributed by atoms with van der Waals surface area (Å²) in [7, 11) is 0. The van der Waals surface area contributed by atoms with Crippen LogP contribution in [0.1, 0.15) is 23.9 Å². The third kappa shape index (κ3) is 3.72. The van der Waals surface area contributed by atoms with Crippen LogP contribution in [-0.4, -0.2) is 16.0 Å². The molecule has 0 spiro atoms. The fourth-order valence-electron chi connectivity index (χ4n) is 1.81. The van der Waals surface area contributed by atoms with E-state index in [1.54, 1.807) is 24.5 Å². The minimum absolute atomic E-state index is 0.0652. The Morgan fingerprint density at radius 1 is 1.32 bits per heavy atom. The van der Waals surface area contributed by atoms with Crippen molar-refractivity contribution < 1.29 is 4.39 Å². The predicted octanol–water partition coefficient (Wildman–Crippen LogP) is 2.75. The molecule has 2 N–H and O–H groups in total. The summed E-state index contributed by atoms with van der Waals surface area (Å²) in [6, 6.07) is 4.68. The lowest BCUT2D eigenvalue weighted by Crippen LogP contribution is -2.18. The minimum atomic E-state index is -0.337. The Labute approximate surface area is 116 Å². The Morgan fingerprint density at radius 3 is 2.58 bits per heavy atom. The van der Waals surface area contributed by atoms with E-state index in [1.165, 1.54) is 6.07 Å². The number of benzene rings is 1. The van der Waals surface area contributed by atoms with Crippen LogP contribution in [0, 0.1) is 5.82 Å². The first-order valence-corrected chi connectivity index (χ1v) is 6.42. The van der Waals surface area contributed by atoms with Gasteiger partial charge in [0.05, 0.1) is 0 Å². The van der Waals surface area contributed by atoms with Crippen molar-refractivity contribution >= 4 is 11.6 Å². The molecule has 1 heterocycles. The maximum atomic E-state index is 13.6. The van der Waals surface area contributed by atoms with Crippen LogP contribution in [0.4, 0.5) is 4.39 Å². The van der Waals surface area contributed by atoms with E-state index in [4.69, 9.17) is 17.3 Å². The van der Waals surface area contributed by atoms with E-state index in [1.807, 2.05) is 6.92 Å². The van der Waals surface area contributed by atoms with E-state index in [0.29, 0.717) is 16.4 Å². The van der Waals surface area contributed by atoms with Crippen LogP contribution in [0.3, 0.4) is 0 Å². The fraction of sp³-hybridized carbons (Fsp3) is 0.286. The molecule has 5 heteroatoms. The van der Waals surface area contributed by atoms with Gasteiger partial charge in [-0.3, -0.25) is 0 Å². The predicted molar refractivity (Wildman–Crippen MR) is 73.6 cm³/mol. The topological polar surface area (TPSA) is 51.8 Å². The summed E-state index contributed by atoms with van der Waals surface area (Å²) in [5, 5.41) is 0.392. The molecule has 1 aromatic heterocycles. The lowest BCUT2D eigenvalue weighted by Gasteiger charge is -2.07. The smallest absolute Gasteiger partial charge is 0.132 e. The first-order valence-electron chi connectivity index (χ1n) is 6.04. The van der Waals surface area contributed by atoms with Crippen molar-refractivity contribution in [1.82, 2.24) is 9.97 Å². The first kappa shape index (κ1) is 13.9. The summed E-state index contributed by atoms with van der Waals surface area (Å²) in [6.07, 6.45) is 4.45. The molecule has 1 unspecified atom stereocenters. The second-order valence-corrected chi connectivity index (χ2v) is 4.97. The summed E-state index contributed by atoms with van der Waals surface area (Å²) >= 11 is 5.97. The first-order chi connectivity index (χ1) is 9.06. The highest BCUT2D eigenvalue weighted by molar-refractivity contribution is 6.31. The van der Waals surface area contributed by atoms with Crippen molar-refractivity contribution in [2.24, 2.45) is 5.73 Å². The molecule has 1 aromatic carbocycles. The molecule has 2 rings (SSSR count). The van der Waals surface area contributed by atoms with Gasteiger partial charge in [0.25, 0.3) is 0 Å². The Morgan fingerprint density at radius 2 is 2.00 bits per heavy atom. The zero-order chi connectivity index (χ0) is 13.8. The van der Waals surface area contributed by atoms with Crippen LogP contribution in [0.2, 0.25) is 5.02 Å². The maximum Gasteiger partial charge on any atom is 0.132 e. The molecule has 0 aliphatic carbocycles. The van der Waals surface area contributed by atoms with Gasteiger partial charge >= 0.3 is 0 Å². The number of hydrogen-bond donors (Lipinski definition) is 1. The summed E-state index contributed by atoms with van der Waals surface area (Å²) in [4.78, 5) is 8.43. The van der Waals surface area contributed by atoms with Gasteiger partial charge in [0.1, 0.15) is 11.6 Å².